The van der Waals surface area contributed by atoms with Crippen molar-refractivity contribution in [2.75, 3.05) is 26.3 Å². The zero-order valence-electron chi connectivity index (χ0n) is 16.9. The predicted octanol–water partition coefficient (Wildman–Crippen LogP) is 4.31. The Balaban J connectivity index is 1.42. The third-order valence-corrected chi connectivity index (χ3v) is 5.40. The van der Waals surface area contributed by atoms with Gasteiger partial charge in [-0.25, -0.2) is 0 Å². The van der Waals surface area contributed by atoms with Crippen LogP contribution in [-0.4, -0.2) is 32.3 Å². The van der Waals surface area contributed by atoms with Gasteiger partial charge >= 0.3 is 0 Å². The summed E-state index contributed by atoms with van der Waals surface area (Å²) in [4.78, 5) is 4.84. The standard InChI is InChI=1S/C24H29N3O2/c1-18(21-9-8-20-5-2-3-6-22(20)15-21)27-24(26-16-19-11-14-28-17-19)25-12-10-23-7-4-13-29-23/h2-9,13,15,18-19H,10-12,14,16-17H2,1H3,(H2,25,26,27). The first-order chi connectivity index (χ1) is 14.3. The molecule has 152 valence electrons. The summed E-state index contributed by atoms with van der Waals surface area (Å²) in [6.07, 6.45) is 3.62. The van der Waals surface area contributed by atoms with Crippen LogP contribution < -0.4 is 10.6 Å². The molecular weight excluding hydrogens is 362 g/mol. The smallest absolute Gasteiger partial charge is 0.191 e. The largest absolute Gasteiger partial charge is 0.469 e. The second-order valence-corrected chi connectivity index (χ2v) is 7.65. The van der Waals surface area contributed by atoms with E-state index in [1.54, 1.807) is 6.26 Å². The molecule has 3 aromatic rings. The highest BCUT2D eigenvalue weighted by atomic mass is 16.5. The number of hydrogen-bond donors (Lipinski definition) is 2. The van der Waals surface area contributed by atoms with Gasteiger partial charge in [0.25, 0.3) is 0 Å². The van der Waals surface area contributed by atoms with Crippen LogP contribution in [0.1, 0.15) is 30.7 Å². The van der Waals surface area contributed by atoms with Crippen LogP contribution in [0.4, 0.5) is 0 Å². The van der Waals surface area contributed by atoms with E-state index in [1.165, 1.54) is 16.3 Å². The molecule has 2 heterocycles. The number of nitrogens with zero attached hydrogens (tertiary/aromatic N) is 1. The molecule has 0 amide bonds. The highest BCUT2D eigenvalue weighted by Crippen LogP contribution is 2.20. The van der Waals surface area contributed by atoms with Gasteiger partial charge in [0.05, 0.1) is 18.9 Å². The highest BCUT2D eigenvalue weighted by Gasteiger charge is 2.16. The summed E-state index contributed by atoms with van der Waals surface area (Å²) in [5.41, 5.74) is 1.24. The van der Waals surface area contributed by atoms with Crippen molar-refractivity contribution in [2.45, 2.75) is 25.8 Å². The van der Waals surface area contributed by atoms with Crippen LogP contribution in [-0.2, 0) is 11.2 Å². The van der Waals surface area contributed by atoms with E-state index in [0.717, 1.165) is 50.9 Å². The predicted molar refractivity (Wildman–Crippen MR) is 117 cm³/mol. The van der Waals surface area contributed by atoms with Gasteiger partial charge in [-0.3, -0.25) is 4.99 Å². The van der Waals surface area contributed by atoms with Gasteiger partial charge in [-0.15, -0.1) is 0 Å². The molecule has 0 spiro atoms. The molecule has 2 N–H and O–H groups in total. The monoisotopic (exact) mass is 391 g/mol. The summed E-state index contributed by atoms with van der Waals surface area (Å²) in [6.45, 7) is 5.38. The lowest BCUT2D eigenvalue weighted by Gasteiger charge is -2.19. The maximum absolute atomic E-state index is 5.49. The molecule has 0 aliphatic carbocycles. The van der Waals surface area contributed by atoms with E-state index in [-0.39, 0.29) is 6.04 Å². The maximum atomic E-state index is 5.49. The average Bonchev–Trinajstić information content (AvgIpc) is 3.45. The summed E-state index contributed by atoms with van der Waals surface area (Å²) in [7, 11) is 0. The molecular formula is C24H29N3O2. The van der Waals surface area contributed by atoms with Gasteiger partial charge in [0, 0.05) is 32.0 Å². The van der Waals surface area contributed by atoms with Crippen molar-refractivity contribution in [1.29, 1.82) is 0 Å². The number of fused-ring (bicyclic) bond motifs is 1. The third kappa shape index (κ3) is 5.39. The van der Waals surface area contributed by atoms with Crippen LogP contribution >= 0.6 is 0 Å². The van der Waals surface area contributed by atoms with Gasteiger partial charge in [0.15, 0.2) is 5.96 Å². The molecule has 1 aromatic heterocycles. The first-order valence-electron chi connectivity index (χ1n) is 10.4. The van der Waals surface area contributed by atoms with Crippen LogP contribution in [0.15, 0.2) is 70.3 Å². The fraction of sp³-hybridized carbons (Fsp3) is 0.375. The van der Waals surface area contributed by atoms with E-state index in [4.69, 9.17) is 14.1 Å². The van der Waals surface area contributed by atoms with Crippen molar-refractivity contribution in [2.24, 2.45) is 10.9 Å². The van der Waals surface area contributed by atoms with E-state index in [9.17, 15) is 0 Å². The van der Waals surface area contributed by atoms with Crippen LogP contribution in [0.3, 0.4) is 0 Å². The Kier molecular flexibility index (Phi) is 6.47. The first-order valence-corrected chi connectivity index (χ1v) is 10.4. The van der Waals surface area contributed by atoms with Crippen molar-refractivity contribution in [1.82, 2.24) is 10.6 Å². The van der Waals surface area contributed by atoms with Gasteiger partial charge in [0.1, 0.15) is 5.76 Å². The lowest BCUT2D eigenvalue weighted by Crippen LogP contribution is -2.40. The number of ether oxygens (including phenoxy) is 1. The highest BCUT2D eigenvalue weighted by molar-refractivity contribution is 5.84. The van der Waals surface area contributed by atoms with Gasteiger partial charge in [0.2, 0.25) is 0 Å². The summed E-state index contributed by atoms with van der Waals surface area (Å²) in [5.74, 6) is 2.32. The van der Waals surface area contributed by atoms with E-state index < -0.39 is 0 Å². The Morgan fingerprint density at radius 2 is 2.03 bits per heavy atom. The van der Waals surface area contributed by atoms with Crippen molar-refractivity contribution in [3.8, 4) is 0 Å². The number of benzene rings is 2. The molecule has 0 radical (unpaired) electrons. The van der Waals surface area contributed by atoms with Gasteiger partial charge in [-0.1, -0.05) is 36.4 Å². The van der Waals surface area contributed by atoms with Crippen LogP contribution in [0, 0.1) is 5.92 Å². The third-order valence-electron chi connectivity index (χ3n) is 5.40. The summed E-state index contributed by atoms with van der Waals surface area (Å²) < 4.78 is 10.9. The normalized spacial score (nSPS) is 18.1. The lowest BCUT2D eigenvalue weighted by atomic mass is 10.0. The lowest BCUT2D eigenvalue weighted by molar-refractivity contribution is 0.187. The average molecular weight is 392 g/mol. The Hall–Kier alpha value is -2.79. The first kappa shape index (κ1) is 19.5. The van der Waals surface area contributed by atoms with E-state index in [2.05, 4.69) is 60.0 Å². The van der Waals surface area contributed by atoms with Crippen LogP contribution in [0.5, 0.6) is 0 Å². The molecule has 1 aliphatic rings. The Morgan fingerprint density at radius 3 is 2.83 bits per heavy atom. The number of rotatable bonds is 7. The Bertz CT molecular complexity index is 930. The molecule has 2 atom stereocenters. The van der Waals surface area contributed by atoms with Crippen molar-refractivity contribution >= 4 is 16.7 Å². The van der Waals surface area contributed by atoms with E-state index in [0.29, 0.717) is 5.92 Å². The number of aliphatic imine (C=N–C) groups is 1. The Labute approximate surface area is 172 Å². The van der Waals surface area contributed by atoms with Crippen molar-refractivity contribution in [3.63, 3.8) is 0 Å². The van der Waals surface area contributed by atoms with Crippen molar-refractivity contribution in [3.05, 3.63) is 72.2 Å². The molecule has 4 rings (SSSR count). The molecule has 2 unspecified atom stereocenters. The minimum atomic E-state index is 0.147. The molecule has 1 fully saturated rings. The minimum absolute atomic E-state index is 0.147. The van der Waals surface area contributed by atoms with Crippen LogP contribution in [0.2, 0.25) is 0 Å². The summed E-state index contributed by atoms with van der Waals surface area (Å²) in [5, 5.41) is 9.54. The Morgan fingerprint density at radius 1 is 1.14 bits per heavy atom. The molecule has 29 heavy (non-hydrogen) atoms. The molecule has 1 aliphatic heterocycles. The second-order valence-electron chi connectivity index (χ2n) is 7.65. The SMILES string of the molecule is CC(NC(=NCC1CCOC1)NCCc1ccco1)c1ccc2ccccc2c1. The fourth-order valence-electron chi connectivity index (χ4n) is 3.62. The van der Waals surface area contributed by atoms with Crippen LogP contribution in [0.25, 0.3) is 10.8 Å². The second kappa shape index (κ2) is 9.61. The molecule has 1 saturated heterocycles. The molecule has 5 heteroatoms. The van der Waals surface area contributed by atoms with E-state index >= 15 is 0 Å². The number of guanidine groups is 1. The zero-order chi connectivity index (χ0) is 19.9. The topological polar surface area (TPSA) is 58.8 Å². The molecule has 0 saturated carbocycles. The number of hydrogen-bond acceptors (Lipinski definition) is 3. The quantitative estimate of drug-likeness (QED) is 0.465. The summed E-state index contributed by atoms with van der Waals surface area (Å²) in [6, 6.07) is 19.1. The molecule has 0 bridgehead atoms. The van der Waals surface area contributed by atoms with E-state index in [1.807, 2.05) is 12.1 Å². The minimum Gasteiger partial charge on any atom is -0.469 e. The summed E-state index contributed by atoms with van der Waals surface area (Å²) >= 11 is 0. The fourth-order valence-corrected chi connectivity index (χ4v) is 3.62. The van der Waals surface area contributed by atoms with Gasteiger partial charge in [-0.05, 0) is 47.9 Å². The maximum Gasteiger partial charge on any atom is 0.191 e. The van der Waals surface area contributed by atoms with Gasteiger partial charge in [-0.2, -0.15) is 0 Å². The van der Waals surface area contributed by atoms with Gasteiger partial charge < -0.3 is 19.8 Å². The number of furan rings is 1. The molecule has 5 nitrogen and oxygen atoms in total. The van der Waals surface area contributed by atoms with Crippen molar-refractivity contribution < 1.29 is 9.15 Å². The molecule has 2 aromatic carbocycles. The zero-order valence-corrected chi connectivity index (χ0v) is 16.9. The number of nitrogens with one attached hydrogen (secondary N) is 2.